The van der Waals surface area contributed by atoms with Crippen molar-refractivity contribution in [3.05, 3.63) is 58.3 Å². The molecule has 1 heterocycles. The summed E-state index contributed by atoms with van der Waals surface area (Å²) in [6.07, 6.45) is 0.560. The standard InChI is InChI=1S/C15H17NO2S/c1-2-12(15(17)18)16-14(13-9-6-10-19-13)11-7-4-3-5-8-11/h3-10,12,14,16H,2H2,1H3,(H,17,18). The van der Waals surface area contributed by atoms with Crippen LogP contribution in [0.2, 0.25) is 0 Å². The van der Waals surface area contributed by atoms with Crippen LogP contribution in [0.1, 0.15) is 29.8 Å². The molecule has 0 spiro atoms. The lowest BCUT2D eigenvalue weighted by Crippen LogP contribution is -2.38. The number of nitrogens with one attached hydrogen (secondary N) is 1. The second-order valence-corrected chi connectivity index (χ2v) is 5.30. The first-order valence-electron chi connectivity index (χ1n) is 6.29. The first kappa shape index (κ1) is 13.8. The third-order valence-electron chi connectivity index (χ3n) is 3.03. The van der Waals surface area contributed by atoms with Crippen LogP contribution < -0.4 is 5.32 Å². The van der Waals surface area contributed by atoms with E-state index in [9.17, 15) is 9.90 Å². The Labute approximate surface area is 116 Å². The maximum absolute atomic E-state index is 11.2. The second-order valence-electron chi connectivity index (χ2n) is 4.32. The molecule has 1 aromatic carbocycles. The highest BCUT2D eigenvalue weighted by molar-refractivity contribution is 7.10. The largest absolute Gasteiger partial charge is 0.480 e. The first-order chi connectivity index (χ1) is 9.22. The fraction of sp³-hybridized carbons (Fsp3) is 0.267. The van der Waals surface area contributed by atoms with Gasteiger partial charge in [0.05, 0.1) is 6.04 Å². The zero-order valence-electron chi connectivity index (χ0n) is 10.7. The molecule has 19 heavy (non-hydrogen) atoms. The predicted molar refractivity (Wildman–Crippen MR) is 77.5 cm³/mol. The lowest BCUT2D eigenvalue weighted by molar-refractivity contribution is -0.139. The number of carboxylic acid groups (broad SMARTS) is 1. The predicted octanol–water partition coefficient (Wildman–Crippen LogP) is 3.29. The van der Waals surface area contributed by atoms with E-state index >= 15 is 0 Å². The normalized spacial score (nSPS) is 13.9. The van der Waals surface area contributed by atoms with Crippen molar-refractivity contribution in [2.75, 3.05) is 0 Å². The van der Waals surface area contributed by atoms with Gasteiger partial charge in [0.15, 0.2) is 0 Å². The Morgan fingerprint density at radius 1 is 1.26 bits per heavy atom. The third-order valence-corrected chi connectivity index (χ3v) is 3.97. The summed E-state index contributed by atoms with van der Waals surface area (Å²) < 4.78 is 0. The maximum Gasteiger partial charge on any atom is 0.320 e. The number of hydrogen-bond acceptors (Lipinski definition) is 3. The van der Waals surface area contributed by atoms with Crippen LogP contribution in [0, 0.1) is 0 Å². The molecule has 3 nitrogen and oxygen atoms in total. The van der Waals surface area contributed by atoms with Gasteiger partial charge >= 0.3 is 5.97 Å². The van der Waals surface area contributed by atoms with Crippen molar-refractivity contribution >= 4 is 17.3 Å². The molecule has 2 unspecified atom stereocenters. The van der Waals surface area contributed by atoms with E-state index in [1.807, 2.05) is 54.8 Å². The zero-order valence-corrected chi connectivity index (χ0v) is 11.6. The molecule has 0 radical (unpaired) electrons. The highest BCUT2D eigenvalue weighted by Gasteiger charge is 2.22. The Hall–Kier alpha value is -1.65. The van der Waals surface area contributed by atoms with E-state index in [0.717, 1.165) is 10.4 Å². The Balaban J connectivity index is 2.28. The molecular weight excluding hydrogens is 258 g/mol. The third kappa shape index (κ3) is 3.43. The van der Waals surface area contributed by atoms with Gasteiger partial charge in [0, 0.05) is 4.88 Å². The summed E-state index contributed by atoms with van der Waals surface area (Å²) in [5, 5.41) is 14.4. The average molecular weight is 275 g/mol. The lowest BCUT2D eigenvalue weighted by atomic mass is 10.0. The van der Waals surface area contributed by atoms with Crippen molar-refractivity contribution in [3.8, 4) is 0 Å². The lowest BCUT2D eigenvalue weighted by Gasteiger charge is -2.22. The Morgan fingerprint density at radius 2 is 2.00 bits per heavy atom. The van der Waals surface area contributed by atoms with Crippen LogP contribution in [0.15, 0.2) is 47.8 Å². The Bertz CT molecular complexity index is 510. The summed E-state index contributed by atoms with van der Waals surface area (Å²) in [6, 6.07) is 13.4. The number of thiophene rings is 1. The number of benzene rings is 1. The number of carbonyl (C=O) groups is 1. The van der Waals surface area contributed by atoms with Gasteiger partial charge < -0.3 is 5.11 Å². The summed E-state index contributed by atoms with van der Waals surface area (Å²) in [7, 11) is 0. The molecule has 1 aromatic heterocycles. The monoisotopic (exact) mass is 275 g/mol. The van der Waals surface area contributed by atoms with Crippen LogP contribution >= 0.6 is 11.3 Å². The molecule has 0 aliphatic heterocycles. The van der Waals surface area contributed by atoms with Crippen molar-refractivity contribution < 1.29 is 9.90 Å². The molecule has 2 atom stereocenters. The van der Waals surface area contributed by atoms with Gasteiger partial charge in [0.25, 0.3) is 0 Å². The van der Waals surface area contributed by atoms with Gasteiger partial charge in [-0.25, -0.2) is 0 Å². The summed E-state index contributed by atoms with van der Waals surface area (Å²) in [4.78, 5) is 12.3. The van der Waals surface area contributed by atoms with Crippen molar-refractivity contribution in [1.82, 2.24) is 5.32 Å². The Kier molecular flexibility index (Phi) is 4.71. The van der Waals surface area contributed by atoms with E-state index in [4.69, 9.17) is 0 Å². The number of carboxylic acids is 1. The van der Waals surface area contributed by atoms with Crippen molar-refractivity contribution in [2.45, 2.75) is 25.4 Å². The average Bonchev–Trinajstić information content (AvgIpc) is 2.94. The second kappa shape index (κ2) is 6.50. The molecule has 0 saturated heterocycles. The quantitative estimate of drug-likeness (QED) is 0.850. The molecule has 0 fully saturated rings. The van der Waals surface area contributed by atoms with E-state index in [1.54, 1.807) is 11.3 Å². The smallest absolute Gasteiger partial charge is 0.320 e. The number of hydrogen-bond donors (Lipinski definition) is 2. The maximum atomic E-state index is 11.2. The van der Waals surface area contributed by atoms with Crippen LogP contribution in [-0.2, 0) is 4.79 Å². The molecule has 2 N–H and O–H groups in total. The summed E-state index contributed by atoms with van der Waals surface area (Å²) in [5.41, 5.74) is 1.09. The van der Waals surface area contributed by atoms with Gasteiger partial charge in [-0.15, -0.1) is 11.3 Å². The topological polar surface area (TPSA) is 49.3 Å². The molecule has 2 rings (SSSR count). The molecular formula is C15H17NO2S. The molecule has 0 saturated carbocycles. The SMILES string of the molecule is CCC(NC(c1ccccc1)c1cccs1)C(=O)O. The molecule has 0 bridgehead atoms. The van der Waals surface area contributed by atoms with E-state index in [-0.39, 0.29) is 6.04 Å². The molecule has 2 aromatic rings. The first-order valence-corrected chi connectivity index (χ1v) is 7.17. The number of rotatable bonds is 6. The van der Waals surface area contributed by atoms with Crippen molar-refractivity contribution in [3.63, 3.8) is 0 Å². The summed E-state index contributed by atoms with van der Waals surface area (Å²) in [5.74, 6) is -0.806. The van der Waals surface area contributed by atoms with Crippen LogP contribution in [0.5, 0.6) is 0 Å². The summed E-state index contributed by atoms with van der Waals surface area (Å²) >= 11 is 1.63. The van der Waals surface area contributed by atoms with Crippen LogP contribution in [0.4, 0.5) is 0 Å². The molecule has 0 aliphatic carbocycles. The van der Waals surface area contributed by atoms with Crippen LogP contribution in [-0.4, -0.2) is 17.1 Å². The van der Waals surface area contributed by atoms with Crippen LogP contribution in [0.3, 0.4) is 0 Å². The minimum absolute atomic E-state index is 0.0674. The van der Waals surface area contributed by atoms with Gasteiger partial charge in [-0.2, -0.15) is 0 Å². The van der Waals surface area contributed by atoms with Crippen LogP contribution in [0.25, 0.3) is 0 Å². The van der Waals surface area contributed by atoms with E-state index < -0.39 is 12.0 Å². The van der Waals surface area contributed by atoms with E-state index in [0.29, 0.717) is 6.42 Å². The molecule has 0 amide bonds. The van der Waals surface area contributed by atoms with Gasteiger partial charge in [-0.1, -0.05) is 43.3 Å². The number of aliphatic carboxylic acids is 1. The van der Waals surface area contributed by atoms with E-state index in [1.165, 1.54) is 0 Å². The molecule has 0 aliphatic rings. The minimum Gasteiger partial charge on any atom is -0.480 e. The Morgan fingerprint density at radius 3 is 2.53 bits per heavy atom. The zero-order chi connectivity index (χ0) is 13.7. The van der Waals surface area contributed by atoms with Crippen molar-refractivity contribution in [2.24, 2.45) is 0 Å². The van der Waals surface area contributed by atoms with Gasteiger partial charge in [0.2, 0.25) is 0 Å². The summed E-state index contributed by atoms with van der Waals surface area (Å²) in [6.45, 7) is 1.88. The minimum atomic E-state index is -0.806. The molecule has 100 valence electrons. The highest BCUT2D eigenvalue weighted by Crippen LogP contribution is 2.26. The van der Waals surface area contributed by atoms with Gasteiger partial charge in [-0.3, -0.25) is 10.1 Å². The fourth-order valence-corrected chi connectivity index (χ4v) is 2.82. The van der Waals surface area contributed by atoms with Crippen molar-refractivity contribution in [1.29, 1.82) is 0 Å². The van der Waals surface area contributed by atoms with Gasteiger partial charge in [-0.05, 0) is 23.4 Å². The molecule has 4 heteroatoms. The van der Waals surface area contributed by atoms with E-state index in [2.05, 4.69) is 5.32 Å². The highest BCUT2D eigenvalue weighted by atomic mass is 32.1. The van der Waals surface area contributed by atoms with Gasteiger partial charge in [0.1, 0.15) is 6.04 Å². The fourth-order valence-electron chi connectivity index (χ4n) is 2.01.